The normalized spacial score (nSPS) is 12.3. The topological polar surface area (TPSA) is 69.6 Å². The quantitative estimate of drug-likeness (QED) is 0.635. The highest BCUT2D eigenvalue weighted by Crippen LogP contribution is 2.02. The standard InChI is InChI=1S/C12H17NO3/c14-9-11(13-7-6-12(15)16)8-10-4-2-1-3-5-10/h1-5,11,13-14H,6-9H2,(H,15,16). The molecular formula is C12H17NO3. The van der Waals surface area contributed by atoms with E-state index in [1.54, 1.807) is 0 Å². The third-order valence-corrected chi connectivity index (χ3v) is 2.32. The number of aliphatic carboxylic acids is 1. The van der Waals surface area contributed by atoms with Crippen molar-refractivity contribution in [3.63, 3.8) is 0 Å². The van der Waals surface area contributed by atoms with Crippen LogP contribution >= 0.6 is 0 Å². The SMILES string of the molecule is O=C(O)CCNC(CO)Cc1ccccc1. The first-order valence-corrected chi connectivity index (χ1v) is 5.32. The number of aliphatic hydroxyl groups excluding tert-OH is 1. The van der Waals surface area contributed by atoms with Gasteiger partial charge in [-0.25, -0.2) is 0 Å². The monoisotopic (exact) mass is 223 g/mol. The molecule has 4 nitrogen and oxygen atoms in total. The van der Waals surface area contributed by atoms with Crippen molar-refractivity contribution in [2.24, 2.45) is 0 Å². The van der Waals surface area contributed by atoms with Crippen molar-refractivity contribution in [2.75, 3.05) is 13.2 Å². The van der Waals surface area contributed by atoms with E-state index in [4.69, 9.17) is 10.2 Å². The predicted molar refractivity (Wildman–Crippen MR) is 61.3 cm³/mol. The van der Waals surface area contributed by atoms with Gasteiger partial charge in [-0.15, -0.1) is 0 Å². The van der Waals surface area contributed by atoms with Gasteiger partial charge in [0.2, 0.25) is 0 Å². The summed E-state index contributed by atoms with van der Waals surface area (Å²) >= 11 is 0. The highest BCUT2D eigenvalue weighted by molar-refractivity contribution is 5.66. The lowest BCUT2D eigenvalue weighted by atomic mass is 10.1. The van der Waals surface area contributed by atoms with Crippen LogP contribution in [0.5, 0.6) is 0 Å². The molecule has 1 rings (SSSR count). The summed E-state index contributed by atoms with van der Waals surface area (Å²) in [5, 5.41) is 20.6. The van der Waals surface area contributed by atoms with Crippen LogP contribution in [0.3, 0.4) is 0 Å². The number of hydrogen-bond donors (Lipinski definition) is 3. The molecule has 1 aromatic rings. The average molecular weight is 223 g/mol. The van der Waals surface area contributed by atoms with Crippen LogP contribution in [0.25, 0.3) is 0 Å². The highest BCUT2D eigenvalue weighted by Gasteiger charge is 2.08. The lowest BCUT2D eigenvalue weighted by molar-refractivity contribution is -0.136. The number of aliphatic hydroxyl groups is 1. The highest BCUT2D eigenvalue weighted by atomic mass is 16.4. The number of hydrogen-bond acceptors (Lipinski definition) is 3. The number of benzene rings is 1. The number of rotatable bonds is 7. The zero-order valence-electron chi connectivity index (χ0n) is 9.10. The van der Waals surface area contributed by atoms with Crippen molar-refractivity contribution in [2.45, 2.75) is 18.9 Å². The third-order valence-electron chi connectivity index (χ3n) is 2.32. The van der Waals surface area contributed by atoms with Crippen molar-refractivity contribution in [3.8, 4) is 0 Å². The summed E-state index contributed by atoms with van der Waals surface area (Å²) in [5.41, 5.74) is 1.13. The predicted octanol–water partition coefficient (Wildman–Crippen LogP) is 0.654. The second-order valence-corrected chi connectivity index (χ2v) is 3.67. The average Bonchev–Trinajstić information content (AvgIpc) is 2.28. The number of nitrogens with one attached hydrogen (secondary N) is 1. The van der Waals surface area contributed by atoms with Gasteiger partial charge >= 0.3 is 5.97 Å². The Hall–Kier alpha value is -1.39. The summed E-state index contributed by atoms with van der Waals surface area (Å²) in [5.74, 6) is -0.830. The molecule has 1 unspecified atom stereocenters. The van der Waals surface area contributed by atoms with Gasteiger partial charge in [-0.1, -0.05) is 30.3 Å². The molecule has 1 aromatic carbocycles. The zero-order chi connectivity index (χ0) is 11.8. The van der Waals surface area contributed by atoms with Crippen LogP contribution in [0.15, 0.2) is 30.3 Å². The minimum absolute atomic E-state index is 0.00845. The molecule has 88 valence electrons. The van der Waals surface area contributed by atoms with Crippen molar-refractivity contribution < 1.29 is 15.0 Å². The Morgan fingerprint density at radius 2 is 2.00 bits per heavy atom. The molecule has 0 fully saturated rings. The van der Waals surface area contributed by atoms with E-state index < -0.39 is 5.97 Å². The van der Waals surface area contributed by atoms with Gasteiger partial charge in [0, 0.05) is 12.6 Å². The summed E-state index contributed by atoms with van der Waals surface area (Å²) < 4.78 is 0. The van der Waals surface area contributed by atoms with Gasteiger partial charge in [0.1, 0.15) is 0 Å². The van der Waals surface area contributed by atoms with Gasteiger partial charge in [0.25, 0.3) is 0 Å². The molecule has 0 aliphatic carbocycles. The Balaban J connectivity index is 2.34. The molecule has 0 heterocycles. The smallest absolute Gasteiger partial charge is 0.304 e. The molecule has 0 aliphatic heterocycles. The minimum atomic E-state index is -0.830. The molecule has 1 atom stereocenters. The van der Waals surface area contributed by atoms with Crippen molar-refractivity contribution in [1.82, 2.24) is 5.32 Å². The maximum Gasteiger partial charge on any atom is 0.304 e. The van der Waals surface area contributed by atoms with E-state index in [1.807, 2.05) is 30.3 Å². The van der Waals surface area contributed by atoms with Crippen molar-refractivity contribution in [1.29, 1.82) is 0 Å². The van der Waals surface area contributed by atoms with Crippen LogP contribution in [0.4, 0.5) is 0 Å². The van der Waals surface area contributed by atoms with Crippen molar-refractivity contribution >= 4 is 5.97 Å². The first kappa shape index (κ1) is 12.7. The van der Waals surface area contributed by atoms with Gasteiger partial charge in [-0.05, 0) is 12.0 Å². The molecule has 0 spiro atoms. The fraction of sp³-hybridized carbons (Fsp3) is 0.417. The van der Waals surface area contributed by atoms with E-state index in [2.05, 4.69) is 5.32 Å². The van der Waals surface area contributed by atoms with E-state index in [-0.39, 0.29) is 19.1 Å². The fourth-order valence-electron chi connectivity index (χ4n) is 1.48. The van der Waals surface area contributed by atoms with Crippen LogP contribution in [-0.2, 0) is 11.2 Å². The van der Waals surface area contributed by atoms with Crippen LogP contribution < -0.4 is 5.32 Å². The molecule has 0 aromatic heterocycles. The maximum absolute atomic E-state index is 10.3. The van der Waals surface area contributed by atoms with Crippen LogP contribution in [0.1, 0.15) is 12.0 Å². The molecule has 16 heavy (non-hydrogen) atoms. The summed E-state index contributed by atoms with van der Waals surface area (Å²) in [6.45, 7) is 0.391. The lowest BCUT2D eigenvalue weighted by Gasteiger charge is -2.15. The first-order valence-electron chi connectivity index (χ1n) is 5.32. The summed E-state index contributed by atoms with van der Waals surface area (Å²) in [7, 11) is 0. The Kier molecular flexibility index (Phi) is 5.53. The molecule has 0 radical (unpaired) electrons. The second kappa shape index (κ2) is 6.98. The van der Waals surface area contributed by atoms with Gasteiger partial charge in [-0.3, -0.25) is 4.79 Å². The van der Waals surface area contributed by atoms with E-state index in [0.717, 1.165) is 5.56 Å². The van der Waals surface area contributed by atoms with Crippen molar-refractivity contribution in [3.05, 3.63) is 35.9 Å². The second-order valence-electron chi connectivity index (χ2n) is 3.67. The maximum atomic E-state index is 10.3. The Morgan fingerprint density at radius 3 is 2.56 bits per heavy atom. The molecule has 3 N–H and O–H groups in total. The van der Waals surface area contributed by atoms with Crippen LogP contribution in [0.2, 0.25) is 0 Å². The molecule has 4 heteroatoms. The lowest BCUT2D eigenvalue weighted by Crippen LogP contribution is -2.35. The minimum Gasteiger partial charge on any atom is -0.481 e. The van der Waals surface area contributed by atoms with Gasteiger partial charge in [0.05, 0.1) is 13.0 Å². The van der Waals surface area contributed by atoms with E-state index in [0.29, 0.717) is 13.0 Å². The number of carbonyl (C=O) groups is 1. The van der Waals surface area contributed by atoms with Gasteiger partial charge < -0.3 is 15.5 Å². The Labute approximate surface area is 94.9 Å². The molecule has 0 amide bonds. The van der Waals surface area contributed by atoms with E-state index in [1.165, 1.54) is 0 Å². The largest absolute Gasteiger partial charge is 0.481 e. The number of carboxylic acids is 1. The summed E-state index contributed by atoms with van der Waals surface area (Å²) in [6, 6.07) is 9.72. The fourth-order valence-corrected chi connectivity index (χ4v) is 1.48. The number of carboxylic acid groups (broad SMARTS) is 1. The first-order chi connectivity index (χ1) is 7.72. The van der Waals surface area contributed by atoms with Crippen LogP contribution in [0, 0.1) is 0 Å². The summed E-state index contributed by atoms with van der Waals surface area (Å²) in [6.07, 6.45) is 0.780. The zero-order valence-corrected chi connectivity index (χ0v) is 9.10. The third kappa shape index (κ3) is 4.91. The molecule has 0 bridgehead atoms. The Bertz CT molecular complexity index is 313. The molecule has 0 saturated heterocycles. The van der Waals surface area contributed by atoms with E-state index in [9.17, 15) is 4.79 Å². The molecule has 0 saturated carbocycles. The van der Waals surface area contributed by atoms with E-state index >= 15 is 0 Å². The van der Waals surface area contributed by atoms with Gasteiger partial charge in [-0.2, -0.15) is 0 Å². The Morgan fingerprint density at radius 1 is 1.31 bits per heavy atom. The summed E-state index contributed by atoms with van der Waals surface area (Å²) in [4.78, 5) is 10.3. The van der Waals surface area contributed by atoms with Gasteiger partial charge in [0.15, 0.2) is 0 Å². The molecular weight excluding hydrogens is 206 g/mol. The van der Waals surface area contributed by atoms with Crippen LogP contribution in [-0.4, -0.2) is 35.4 Å². The molecule has 0 aliphatic rings.